The number of unbranched alkanes of at least 4 members (excludes halogenated alkanes) is 2. The lowest BCUT2D eigenvalue weighted by atomic mass is 10.1. The van der Waals surface area contributed by atoms with Gasteiger partial charge >= 0.3 is 0 Å². The SMILES string of the molecule is CC(C)CCC(=O)N([C@@H](CC=Cc1ccccc1)C(=O)NOC1CCCCO1)N(CCCCCO)C(=O)[C@@H](C)N. The summed E-state index contributed by atoms with van der Waals surface area (Å²) in [5.74, 6) is -1.09. The van der Waals surface area contributed by atoms with Crippen LogP contribution in [0.5, 0.6) is 0 Å². The van der Waals surface area contributed by atoms with Crippen LogP contribution in [0, 0.1) is 5.92 Å². The van der Waals surface area contributed by atoms with Gasteiger partial charge in [0.15, 0.2) is 6.29 Å². The lowest BCUT2D eigenvalue weighted by molar-refractivity contribution is -0.206. The van der Waals surface area contributed by atoms with Gasteiger partial charge in [0.1, 0.15) is 6.04 Å². The van der Waals surface area contributed by atoms with Crippen molar-refractivity contribution < 1.29 is 29.1 Å². The molecule has 1 aromatic rings. The highest BCUT2D eigenvalue weighted by atomic mass is 16.8. The smallest absolute Gasteiger partial charge is 0.268 e. The molecule has 3 amide bonds. The van der Waals surface area contributed by atoms with Gasteiger partial charge in [-0.15, -0.1) is 0 Å². The molecule has 0 spiro atoms. The fourth-order valence-electron chi connectivity index (χ4n) is 4.32. The van der Waals surface area contributed by atoms with Crippen LogP contribution in [0.15, 0.2) is 36.4 Å². The van der Waals surface area contributed by atoms with Gasteiger partial charge in [-0.2, -0.15) is 0 Å². The summed E-state index contributed by atoms with van der Waals surface area (Å²) in [6.45, 7) is 6.37. The fraction of sp³-hybridized carbons (Fsp3) is 0.633. The van der Waals surface area contributed by atoms with Gasteiger partial charge in [0, 0.05) is 32.6 Å². The molecule has 3 atom stereocenters. The molecule has 0 aromatic heterocycles. The Morgan fingerprint density at radius 1 is 1.15 bits per heavy atom. The van der Waals surface area contributed by atoms with E-state index in [1.807, 2.05) is 56.3 Å². The van der Waals surface area contributed by atoms with Gasteiger partial charge in [-0.1, -0.05) is 56.3 Å². The molecule has 40 heavy (non-hydrogen) atoms. The molecular formula is C30H48N4O6. The van der Waals surface area contributed by atoms with Crippen LogP contribution in [-0.4, -0.2) is 71.0 Å². The van der Waals surface area contributed by atoms with Crippen molar-refractivity contribution in [3.63, 3.8) is 0 Å². The summed E-state index contributed by atoms with van der Waals surface area (Å²) in [7, 11) is 0. The predicted molar refractivity (Wildman–Crippen MR) is 154 cm³/mol. The number of carbonyl (C=O) groups excluding carboxylic acids is 3. The number of aliphatic hydroxyl groups is 1. The van der Waals surface area contributed by atoms with Crippen LogP contribution in [0.25, 0.3) is 6.08 Å². The number of hydrazine groups is 1. The number of carbonyl (C=O) groups is 3. The number of nitrogens with one attached hydrogen (secondary N) is 1. The van der Waals surface area contributed by atoms with Crippen molar-refractivity contribution in [3.8, 4) is 0 Å². The zero-order valence-electron chi connectivity index (χ0n) is 24.3. The molecule has 1 unspecified atom stereocenters. The van der Waals surface area contributed by atoms with E-state index < -0.39 is 30.2 Å². The first-order chi connectivity index (χ1) is 19.2. The molecule has 0 radical (unpaired) electrons. The molecule has 4 N–H and O–H groups in total. The molecule has 0 saturated carbocycles. The van der Waals surface area contributed by atoms with Gasteiger partial charge < -0.3 is 15.6 Å². The molecule has 10 heteroatoms. The van der Waals surface area contributed by atoms with Crippen molar-refractivity contribution in [2.75, 3.05) is 19.8 Å². The molecular weight excluding hydrogens is 512 g/mol. The Hall–Kier alpha value is -2.79. The zero-order valence-corrected chi connectivity index (χ0v) is 24.3. The van der Waals surface area contributed by atoms with E-state index in [4.69, 9.17) is 15.3 Å². The lowest BCUT2D eigenvalue weighted by Crippen LogP contribution is -2.61. The van der Waals surface area contributed by atoms with Crippen LogP contribution in [0.1, 0.15) is 84.1 Å². The summed E-state index contributed by atoms with van der Waals surface area (Å²) < 4.78 is 5.58. The summed E-state index contributed by atoms with van der Waals surface area (Å²) >= 11 is 0. The minimum atomic E-state index is -1.07. The highest BCUT2D eigenvalue weighted by molar-refractivity contribution is 5.90. The highest BCUT2D eigenvalue weighted by Gasteiger charge is 2.37. The number of nitrogens with zero attached hydrogens (tertiary/aromatic N) is 2. The van der Waals surface area contributed by atoms with Crippen LogP contribution in [0.2, 0.25) is 0 Å². The van der Waals surface area contributed by atoms with Crippen molar-refractivity contribution in [1.29, 1.82) is 0 Å². The van der Waals surface area contributed by atoms with Crippen LogP contribution in [0.4, 0.5) is 0 Å². The van der Waals surface area contributed by atoms with Gasteiger partial charge in [-0.25, -0.2) is 20.3 Å². The number of aliphatic hydroxyl groups excluding tert-OH is 1. The van der Waals surface area contributed by atoms with Gasteiger partial charge in [-0.05, 0) is 63.4 Å². The summed E-state index contributed by atoms with van der Waals surface area (Å²) in [6.07, 6.45) is 8.30. The topological polar surface area (TPSA) is 134 Å². The van der Waals surface area contributed by atoms with Crippen molar-refractivity contribution >= 4 is 23.8 Å². The highest BCUT2D eigenvalue weighted by Crippen LogP contribution is 2.19. The van der Waals surface area contributed by atoms with Crippen LogP contribution in [0.3, 0.4) is 0 Å². The normalized spacial score (nSPS) is 17.0. The number of ether oxygens (including phenoxy) is 1. The van der Waals surface area contributed by atoms with E-state index in [0.29, 0.717) is 38.7 Å². The maximum Gasteiger partial charge on any atom is 0.268 e. The Labute approximate surface area is 238 Å². The van der Waals surface area contributed by atoms with Crippen molar-refractivity contribution in [1.82, 2.24) is 15.5 Å². The Morgan fingerprint density at radius 2 is 1.90 bits per heavy atom. The third-order valence-corrected chi connectivity index (χ3v) is 6.62. The quantitative estimate of drug-likeness (QED) is 0.208. The van der Waals surface area contributed by atoms with E-state index in [1.165, 1.54) is 10.0 Å². The number of benzene rings is 1. The summed E-state index contributed by atoms with van der Waals surface area (Å²) in [5, 5.41) is 11.8. The molecule has 2 rings (SSSR count). The summed E-state index contributed by atoms with van der Waals surface area (Å²) in [6, 6.07) is 7.68. The van der Waals surface area contributed by atoms with Crippen LogP contribution in [-0.2, 0) is 24.0 Å². The monoisotopic (exact) mass is 560 g/mol. The van der Waals surface area contributed by atoms with E-state index in [1.54, 1.807) is 6.92 Å². The Balaban J connectivity index is 2.41. The molecule has 224 valence electrons. The first kappa shape index (κ1) is 33.4. The summed E-state index contributed by atoms with van der Waals surface area (Å²) in [4.78, 5) is 46.4. The number of hydroxylamine groups is 1. The Bertz CT molecular complexity index is 918. The number of nitrogens with two attached hydrogens (primary N) is 1. The van der Waals surface area contributed by atoms with Crippen LogP contribution >= 0.6 is 0 Å². The van der Waals surface area contributed by atoms with Crippen molar-refractivity contribution in [3.05, 3.63) is 42.0 Å². The van der Waals surface area contributed by atoms with E-state index in [2.05, 4.69) is 5.48 Å². The van der Waals surface area contributed by atoms with Gasteiger partial charge in [0.05, 0.1) is 6.04 Å². The molecule has 0 bridgehead atoms. The average molecular weight is 561 g/mol. The van der Waals surface area contributed by atoms with Crippen molar-refractivity contribution in [2.45, 2.75) is 96.9 Å². The van der Waals surface area contributed by atoms with E-state index in [0.717, 1.165) is 18.4 Å². The molecule has 0 aliphatic carbocycles. The lowest BCUT2D eigenvalue weighted by Gasteiger charge is -2.40. The number of hydrogen-bond acceptors (Lipinski definition) is 7. The fourth-order valence-corrected chi connectivity index (χ4v) is 4.32. The molecule has 1 saturated heterocycles. The van der Waals surface area contributed by atoms with E-state index in [-0.39, 0.29) is 37.8 Å². The molecule has 1 fully saturated rings. The third kappa shape index (κ3) is 11.8. The van der Waals surface area contributed by atoms with Gasteiger partial charge in [0.25, 0.3) is 11.8 Å². The molecule has 1 aliphatic rings. The van der Waals surface area contributed by atoms with Crippen LogP contribution < -0.4 is 11.2 Å². The number of hydrogen-bond donors (Lipinski definition) is 3. The average Bonchev–Trinajstić information content (AvgIpc) is 2.95. The number of rotatable bonds is 16. The van der Waals surface area contributed by atoms with Crippen molar-refractivity contribution in [2.24, 2.45) is 11.7 Å². The second kappa shape index (κ2) is 18.5. The first-order valence-corrected chi connectivity index (χ1v) is 14.5. The van der Waals surface area contributed by atoms with Gasteiger partial charge in [-0.3, -0.25) is 14.4 Å². The number of amides is 3. The largest absolute Gasteiger partial charge is 0.396 e. The first-order valence-electron chi connectivity index (χ1n) is 14.5. The van der Waals surface area contributed by atoms with E-state index >= 15 is 0 Å². The second-order valence-electron chi connectivity index (χ2n) is 10.6. The zero-order chi connectivity index (χ0) is 29.3. The second-order valence-corrected chi connectivity index (χ2v) is 10.6. The van der Waals surface area contributed by atoms with Gasteiger partial charge in [0.2, 0.25) is 5.91 Å². The maximum absolute atomic E-state index is 13.8. The molecule has 1 aliphatic heterocycles. The standard InChI is InChI=1S/C30H48N4O6/c1-23(2)18-19-27(36)34(33(30(38)24(3)31)20-9-5-10-21-35)26(16-12-15-25-13-6-4-7-14-25)29(37)32-40-28-17-8-11-22-39-28/h4,6-7,12-15,23-24,26,28,35H,5,8-11,16-22,31H2,1-3H3,(H,32,37)/t24-,26+,28?/m1/s1. The Kier molecular flexibility index (Phi) is 15.5. The minimum Gasteiger partial charge on any atom is -0.396 e. The third-order valence-electron chi connectivity index (χ3n) is 6.62. The summed E-state index contributed by atoms with van der Waals surface area (Å²) in [5.41, 5.74) is 9.46. The maximum atomic E-state index is 13.8. The predicted octanol–water partition coefficient (Wildman–Crippen LogP) is 3.55. The molecule has 10 nitrogen and oxygen atoms in total. The molecule has 1 heterocycles. The Morgan fingerprint density at radius 3 is 2.52 bits per heavy atom. The van der Waals surface area contributed by atoms with E-state index in [9.17, 15) is 19.5 Å². The minimum absolute atomic E-state index is 0.0359. The molecule has 1 aromatic carbocycles.